The summed E-state index contributed by atoms with van der Waals surface area (Å²) in [6, 6.07) is 9.53. The largest absolute Gasteiger partial charge is 0.383 e. The topological polar surface area (TPSA) is 128 Å². The Bertz CT molecular complexity index is 1590. The van der Waals surface area contributed by atoms with Crippen molar-refractivity contribution in [2.75, 3.05) is 23.9 Å². The second-order valence-corrected chi connectivity index (χ2v) is 10.6. The molecule has 200 valence electrons. The van der Waals surface area contributed by atoms with E-state index in [9.17, 15) is 19.3 Å². The first-order valence-corrected chi connectivity index (χ1v) is 12.4. The molecule has 2 N–H and O–H groups in total. The van der Waals surface area contributed by atoms with Crippen molar-refractivity contribution in [1.82, 2.24) is 25.0 Å². The first-order valence-electron chi connectivity index (χ1n) is 12.4. The van der Waals surface area contributed by atoms with Crippen LogP contribution >= 0.6 is 0 Å². The van der Waals surface area contributed by atoms with Crippen LogP contribution in [0.15, 0.2) is 36.7 Å². The number of halogens is 2. The molecule has 9 nitrogen and oxygen atoms in total. The lowest BCUT2D eigenvalue weighted by Gasteiger charge is -2.23. The maximum absolute atomic E-state index is 13.9. The van der Waals surface area contributed by atoms with Crippen molar-refractivity contribution >= 4 is 22.3 Å². The molecule has 0 aliphatic heterocycles. The van der Waals surface area contributed by atoms with Gasteiger partial charge in [0.2, 0.25) is 5.95 Å². The number of anilines is 2. The van der Waals surface area contributed by atoms with Crippen LogP contribution in [0.5, 0.6) is 0 Å². The Morgan fingerprint density at radius 2 is 1.87 bits per heavy atom. The van der Waals surface area contributed by atoms with Crippen molar-refractivity contribution in [2.24, 2.45) is 5.41 Å². The SMILES string of the molecule is Cc1nc(F)ccc1C(Nc1cc(C#N)c2ncc(C#N)c(NCC(C)(C)C)c2c1)c1cn(C(C)CF)nn1. The summed E-state index contributed by atoms with van der Waals surface area (Å²) in [7, 11) is 0. The summed E-state index contributed by atoms with van der Waals surface area (Å²) in [5.41, 5.74) is 3.68. The standard InChI is InChI=1S/C28H29F2N9/c1-16(10-29)39-14-23(37-38-39)27(21-6-7-24(30)35-17(21)2)36-20-8-18(11-31)25-22(9-20)26(19(12-32)13-33-25)34-15-28(3,4)5/h6-9,13-14,16,27,36H,10,15H2,1-5H3,(H,33,34). The van der Waals surface area contributed by atoms with Gasteiger partial charge in [0.25, 0.3) is 0 Å². The number of benzene rings is 1. The number of pyridine rings is 2. The third-order valence-corrected chi connectivity index (χ3v) is 6.22. The van der Waals surface area contributed by atoms with Gasteiger partial charge in [0.05, 0.1) is 40.6 Å². The predicted molar refractivity (Wildman–Crippen MR) is 144 cm³/mol. The number of fused-ring (bicyclic) bond motifs is 1. The maximum Gasteiger partial charge on any atom is 0.213 e. The average molecular weight is 530 g/mol. The fourth-order valence-corrected chi connectivity index (χ4v) is 4.13. The van der Waals surface area contributed by atoms with Crippen LogP contribution in [0.25, 0.3) is 10.9 Å². The van der Waals surface area contributed by atoms with Gasteiger partial charge in [0.15, 0.2) is 0 Å². The van der Waals surface area contributed by atoms with Crippen LogP contribution in [0, 0.1) is 40.9 Å². The highest BCUT2D eigenvalue weighted by Crippen LogP contribution is 2.34. The Labute approximate surface area is 225 Å². The lowest BCUT2D eigenvalue weighted by Crippen LogP contribution is -2.20. The Morgan fingerprint density at radius 3 is 2.51 bits per heavy atom. The van der Waals surface area contributed by atoms with E-state index >= 15 is 0 Å². The molecule has 0 bridgehead atoms. The summed E-state index contributed by atoms with van der Waals surface area (Å²) in [6.07, 6.45) is 3.09. The van der Waals surface area contributed by atoms with Crippen molar-refractivity contribution in [1.29, 1.82) is 10.5 Å². The second-order valence-electron chi connectivity index (χ2n) is 10.6. The number of rotatable bonds is 8. The summed E-state index contributed by atoms with van der Waals surface area (Å²) in [5.74, 6) is -0.619. The molecule has 0 radical (unpaired) electrons. The molecule has 11 heteroatoms. The number of nitrogens with one attached hydrogen (secondary N) is 2. The van der Waals surface area contributed by atoms with Crippen molar-refractivity contribution < 1.29 is 8.78 Å². The minimum atomic E-state index is -0.652. The van der Waals surface area contributed by atoms with Crippen LogP contribution in [0.4, 0.5) is 20.2 Å². The number of aryl methyl sites for hydroxylation is 1. The van der Waals surface area contributed by atoms with Gasteiger partial charge >= 0.3 is 0 Å². The lowest BCUT2D eigenvalue weighted by atomic mass is 9.96. The molecule has 4 rings (SSSR count). The minimum absolute atomic E-state index is 0.0724. The number of alkyl halides is 1. The van der Waals surface area contributed by atoms with Crippen LogP contribution < -0.4 is 10.6 Å². The summed E-state index contributed by atoms with van der Waals surface area (Å²) in [6.45, 7) is 9.55. The van der Waals surface area contributed by atoms with Gasteiger partial charge in [-0.15, -0.1) is 5.10 Å². The predicted octanol–water partition coefficient (Wildman–Crippen LogP) is 5.60. The van der Waals surface area contributed by atoms with Gasteiger partial charge in [-0.2, -0.15) is 14.9 Å². The zero-order chi connectivity index (χ0) is 28.3. The second kappa shape index (κ2) is 11.0. The average Bonchev–Trinajstić information content (AvgIpc) is 3.39. The fraction of sp³-hybridized carbons (Fsp3) is 0.357. The summed E-state index contributed by atoms with van der Waals surface area (Å²) in [4.78, 5) is 8.35. The molecule has 39 heavy (non-hydrogen) atoms. The molecule has 0 aliphatic carbocycles. The molecule has 2 atom stereocenters. The minimum Gasteiger partial charge on any atom is -0.383 e. The fourth-order valence-electron chi connectivity index (χ4n) is 4.13. The number of hydrogen-bond donors (Lipinski definition) is 2. The van der Waals surface area contributed by atoms with Gasteiger partial charge in [-0.3, -0.25) is 4.98 Å². The van der Waals surface area contributed by atoms with E-state index < -0.39 is 24.7 Å². The molecule has 0 fully saturated rings. The molecule has 4 aromatic rings. The summed E-state index contributed by atoms with van der Waals surface area (Å²) >= 11 is 0. The number of nitrogens with zero attached hydrogens (tertiary/aromatic N) is 7. The highest BCUT2D eigenvalue weighted by Gasteiger charge is 2.23. The van der Waals surface area contributed by atoms with Gasteiger partial charge in [-0.1, -0.05) is 32.1 Å². The monoisotopic (exact) mass is 529 g/mol. The smallest absolute Gasteiger partial charge is 0.213 e. The molecule has 0 saturated carbocycles. The van der Waals surface area contributed by atoms with Crippen LogP contribution in [0.2, 0.25) is 0 Å². The zero-order valence-electron chi connectivity index (χ0n) is 22.4. The summed E-state index contributed by atoms with van der Waals surface area (Å²) in [5, 5.41) is 35.4. The quantitative estimate of drug-likeness (QED) is 0.282. The van der Waals surface area contributed by atoms with Crippen molar-refractivity contribution in [3.63, 3.8) is 0 Å². The van der Waals surface area contributed by atoms with E-state index in [-0.39, 0.29) is 5.41 Å². The van der Waals surface area contributed by atoms with Gasteiger partial charge in [-0.25, -0.2) is 14.1 Å². The first-order chi connectivity index (χ1) is 18.5. The molecule has 3 aromatic heterocycles. The Kier molecular flexibility index (Phi) is 7.73. The molecule has 0 amide bonds. The van der Waals surface area contributed by atoms with Crippen molar-refractivity contribution in [3.05, 3.63) is 70.7 Å². The highest BCUT2D eigenvalue weighted by atomic mass is 19.1. The normalized spacial score (nSPS) is 12.9. The maximum atomic E-state index is 13.9. The van der Waals surface area contributed by atoms with Crippen molar-refractivity contribution in [2.45, 2.75) is 46.7 Å². The molecule has 2 unspecified atom stereocenters. The van der Waals surface area contributed by atoms with Crippen LogP contribution in [0.1, 0.15) is 67.9 Å². The number of aromatic nitrogens is 5. The molecule has 0 saturated heterocycles. The van der Waals surface area contributed by atoms with E-state index in [2.05, 4.69) is 63.8 Å². The van der Waals surface area contributed by atoms with E-state index in [1.54, 1.807) is 32.2 Å². The van der Waals surface area contributed by atoms with E-state index in [0.29, 0.717) is 56.9 Å². The lowest BCUT2D eigenvalue weighted by molar-refractivity contribution is 0.351. The molecule has 1 aromatic carbocycles. The molecular formula is C28H29F2N9. The van der Waals surface area contributed by atoms with Crippen molar-refractivity contribution in [3.8, 4) is 12.1 Å². The van der Waals surface area contributed by atoms with Gasteiger partial charge in [-0.05, 0) is 37.5 Å². The Hall–Kier alpha value is -4.64. The summed E-state index contributed by atoms with van der Waals surface area (Å²) < 4.78 is 28.6. The van der Waals surface area contributed by atoms with E-state index in [0.717, 1.165) is 0 Å². The van der Waals surface area contributed by atoms with Crippen LogP contribution in [-0.4, -0.2) is 38.2 Å². The van der Waals surface area contributed by atoms with Gasteiger partial charge in [0.1, 0.15) is 24.5 Å². The first kappa shape index (κ1) is 27.4. The Balaban J connectivity index is 1.87. The third kappa shape index (κ3) is 5.93. The molecule has 0 aliphatic rings. The zero-order valence-corrected chi connectivity index (χ0v) is 22.4. The van der Waals surface area contributed by atoms with Gasteiger partial charge in [0, 0.05) is 35.1 Å². The number of hydrogen-bond acceptors (Lipinski definition) is 8. The van der Waals surface area contributed by atoms with Gasteiger partial charge < -0.3 is 10.6 Å². The molecule has 0 spiro atoms. The Morgan fingerprint density at radius 1 is 1.13 bits per heavy atom. The molecular weight excluding hydrogens is 500 g/mol. The van der Waals surface area contributed by atoms with Crippen LogP contribution in [-0.2, 0) is 0 Å². The third-order valence-electron chi connectivity index (χ3n) is 6.22. The van der Waals surface area contributed by atoms with E-state index in [1.807, 2.05) is 6.07 Å². The van der Waals surface area contributed by atoms with E-state index in [1.165, 1.54) is 16.9 Å². The van der Waals surface area contributed by atoms with Crippen LogP contribution in [0.3, 0.4) is 0 Å². The van der Waals surface area contributed by atoms with E-state index in [4.69, 9.17) is 0 Å². The number of nitriles is 2. The molecule has 3 heterocycles. The highest BCUT2D eigenvalue weighted by molar-refractivity contribution is 5.99.